The second kappa shape index (κ2) is 7.18. The molecule has 1 N–H and O–H groups in total. The number of aliphatic hydroxyl groups excluding tert-OH is 1. The van der Waals surface area contributed by atoms with Crippen LogP contribution in [0.4, 0.5) is 0 Å². The van der Waals surface area contributed by atoms with Crippen LogP contribution in [0.2, 0.25) is 0 Å². The molecule has 0 radical (unpaired) electrons. The summed E-state index contributed by atoms with van der Waals surface area (Å²) in [5, 5.41) is 10.2. The van der Waals surface area contributed by atoms with Crippen molar-refractivity contribution >= 4 is 0 Å². The van der Waals surface area contributed by atoms with Crippen LogP contribution in [0.1, 0.15) is 28.8 Å². The molecule has 2 aromatic heterocycles. The van der Waals surface area contributed by atoms with Crippen LogP contribution in [-0.4, -0.2) is 28.3 Å². The van der Waals surface area contributed by atoms with Gasteiger partial charge in [-0.15, -0.1) is 0 Å². The highest BCUT2D eigenvalue weighted by molar-refractivity contribution is 5.41. The van der Waals surface area contributed by atoms with Crippen molar-refractivity contribution in [3.63, 3.8) is 0 Å². The monoisotopic (exact) mass is 286 g/mol. The van der Waals surface area contributed by atoms with E-state index in [-0.39, 0.29) is 0 Å². The first-order valence-electron chi connectivity index (χ1n) is 7.18. The Morgan fingerprint density at radius 3 is 2.76 bits per heavy atom. The fourth-order valence-electron chi connectivity index (χ4n) is 2.48. The van der Waals surface area contributed by atoms with Crippen LogP contribution in [0.15, 0.2) is 30.7 Å². The molecule has 0 spiro atoms. The molecule has 0 aliphatic rings. The molecule has 0 aliphatic carbocycles. The molecule has 0 fully saturated rings. The van der Waals surface area contributed by atoms with Gasteiger partial charge < -0.3 is 9.84 Å². The molecule has 112 valence electrons. The second-order valence-corrected chi connectivity index (χ2v) is 5.30. The second-order valence-electron chi connectivity index (χ2n) is 5.30. The Morgan fingerprint density at radius 2 is 2.10 bits per heavy atom. The average molecular weight is 286 g/mol. The van der Waals surface area contributed by atoms with E-state index in [9.17, 15) is 5.11 Å². The lowest BCUT2D eigenvalue weighted by Crippen LogP contribution is -2.14. The molecule has 2 aromatic rings. The number of rotatable bonds is 6. The quantitative estimate of drug-likeness (QED) is 0.887. The van der Waals surface area contributed by atoms with E-state index in [1.807, 2.05) is 32.2 Å². The zero-order chi connectivity index (χ0) is 15.2. The summed E-state index contributed by atoms with van der Waals surface area (Å²) < 4.78 is 5.40. The standard InChI is InChI=1S/C17H22N2O2/c1-12-10-19-16(13(2)17(12)21-3)9-15(20)7-6-14-5-4-8-18-11-14/h4-5,8,10-11,15,20H,6-7,9H2,1-3H3. The van der Waals surface area contributed by atoms with Crippen molar-refractivity contribution in [2.24, 2.45) is 0 Å². The Balaban J connectivity index is 1.98. The molecular formula is C17H22N2O2. The Labute approximate surface area is 125 Å². The number of nitrogens with zero attached hydrogens (tertiary/aromatic N) is 2. The summed E-state index contributed by atoms with van der Waals surface area (Å²) >= 11 is 0. The molecular weight excluding hydrogens is 264 g/mol. The maximum absolute atomic E-state index is 10.2. The van der Waals surface area contributed by atoms with Gasteiger partial charge in [-0.25, -0.2) is 0 Å². The van der Waals surface area contributed by atoms with E-state index in [2.05, 4.69) is 9.97 Å². The predicted octanol–water partition coefficient (Wildman–Crippen LogP) is 2.64. The Hall–Kier alpha value is -1.94. The third kappa shape index (κ3) is 4.02. The van der Waals surface area contributed by atoms with E-state index in [1.54, 1.807) is 19.5 Å². The Kier molecular flexibility index (Phi) is 5.28. The predicted molar refractivity (Wildman–Crippen MR) is 82.5 cm³/mol. The summed E-state index contributed by atoms with van der Waals surface area (Å²) in [7, 11) is 1.66. The number of pyridine rings is 2. The normalized spacial score (nSPS) is 12.2. The number of ether oxygens (including phenoxy) is 1. The van der Waals surface area contributed by atoms with Crippen LogP contribution in [0.3, 0.4) is 0 Å². The highest BCUT2D eigenvalue weighted by Gasteiger charge is 2.13. The largest absolute Gasteiger partial charge is 0.496 e. The minimum atomic E-state index is -0.413. The maximum Gasteiger partial charge on any atom is 0.128 e. The van der Waals surface area contributed by atoms with Crippen molar-refractivity contribution in [2.45, 2.75) is 39.2 Å². The number of methoxy groups -OCH3 is 1. The van der Waals surface area contributed by atoms with Gasteiger partial charge in [-0.1, -0.05) is 6.07 Å². The SMILES string of the molecule is COc1c(C)cnc(CC(O)CCc2cccnc2)c1C. The molecule has 0 aromatic carbocycles. The van der Waals surface area contributed by atoms with Gasteiger partial charge in [0.1, 0.15) is 5.75 Å². The lowest BCUT2D eigenvalue weighted by molar-refractivity contribution is 0.163. The first-order valence-corrected chi connectivity index (χ1v) is 7.18. The fourth-order valence-corrected chi connectivity index (χ4v) is 2.48. The van der Waals surface area contributed by atoms with Crippen molar-refractivity contribution in [1.29, 1.82) is 0 Å². The summed E-state index contributed by atoms with van der Waals surface area (Å²) in [6.07, 6.45) is 7.04. The van der Waals surface area contributed by atoms with Crippen LogP contribution in [0.5, 0.6) is 5.75 Å². The first kappa shape index (κ1) is 15.4. The summed E-state index contributed by atoms with van der Waals surface area (Å²) in [6, 6.07) is 3.94. The molecule has 0 amide bonds. The average Bonchev–Trinajstić information content (AvgIpc) is 2.50. The molecule has 0 saturated carbocycles. The number of aromatic nitrogens is 2. The zero-order valence-electron chi connectivity index (χ0n) is 12.8. The van der Waals surface area contributed by atoms with Crippen molar-refractivity contribution < 1.29 is 9.84 Å². The van der Waals surface area contributed by atoms with E-state index in [4.69, 9.17) is 4.74 Å². The zero-order valence-corrected chi connectivity index (χ0v) is 12.8. The molecule has 21 heavy (non-hydrogen) atoms. The van der Waals surface area contributed by atoms with Crippen molar-refractivity contribution in [3.05, 3.63) is 53.1 Å². The molecule has 4 heteroatoms. The van der Waals surface area contributed by atoms with Crippen LogP contribution in [0, 0.1) is 13.8 Å². The van der Waals surface area contributed by atoms with Crippen LogP contribution in [0.25, 0.3) is 0 Å². The van der Waals surface area contributed by atoms with E-state index in [0.717, 1.165) is 34.6 Å². The third-order valence-electron chi connectivity index (χ3n) is 3.67. The van der Waals surface area contributed by atoms with Crippen molar-refractivity contribution in [3.8, 4) is 5.75 Å². The number of hydrogen-bond donors (Lipinski definition) is 1. The van der Waals surface area contributed by atoms with Gasteiger partial charge in [0.2, 0.25) is 0 Å². The maximum atomic E-state index is 10.2. The minimum Gasteiger partial charge on any atom is -0.496 e. The summed E-state index contributed by atoms with van der Waals surface area (Å²) in [6.45, 7) is 3.96. The summed E-state index contributed by atoms with van der Waals surface area (Å²) in [4.78, 5) is 8.51. The molecule has 2 rings (SSSR count). The van der Waals surface area contributed by atoms with Gasteiger partial charge >= 0.3 is 0 Å². The molecule has 0 bridgehead atoms. The Bertz CT molecular complexity index is 585. The lowest BCUT2D eigenvalue weighted by Gasteiger charge is -2.15. The molecule has 1 atom stereocenters. The van der Waals surface area contributed by atoms with Crippen LogP contribution >= 0.6 is 0 Å². The molecule has 0 saturated heterocycles. The van der Waals surface area contributed by atoms with E-state index in [1.165, 1.54) is 0 Å². The van der Waals surface area contributed by atoms with E-state index in [0.29, 0.717) is 12.8 Å². The van der Waals surface area contributed by atoms with Gasteiger partial charge in [-0.05, 0) is 38.3 Å². The van der Waals surface area contributed by atoms with Gasteiger partial charge in [0, 0.05) is 41.8 Å². The van der Waals surface area contributed by atoms with Crippen molar-refractivity contribution in [1.82, 2.24) is 9.97 Å². The fraction of sp³-hybridized carbons (Fsp3) is 0.412. The molecule has 4 nitrogen and oxygen atoms in total. The van der Waals surface area contributed by atoms with Gasteiger partial charge in [0.05, 0.1) is 13.2 Å². The topological polar surface area (TPSA) is 55.2 Å². The van der Waals surface area contributed by atoms with Crippen LogP contribution < -0.4 is 4.74 Å². The van der Waals surface area contributed by atoms with Gasteiger partial charge in [-0.2, -0.15) is 0 Å². The van der Waals surface area contributed by atoms with Gasteiger partial charge in [-0.3, -0.25) is 9.97 Å². The highest BCUT2D eigenvalue weighted by atomic mass is 16.5. The lowest BCUT2D eigenvalue weighted by atomic mass is 10.0. The number of aryl methyl sites for hydroxylation is 2. The molecule has 2 heterocycles. The third-order valence-corrected chi connectivity index (χ3v) is 3.67. The minimum absolute atomic E-state index is 0.413. The van der Waals surface area contributed by atoms with E-state index < -0.39 is 6.10 Å². The smallest absolute Gasteiger partial charge is 0.128 e. The van der Waals surface area contributed by atoms with E-state index >= 15 is 0 Å². The summed E-state index contributed by atoms with van der Waals surface area (Å²) in [5.41, 5.74) is 4.07. The molecule has 0 aliphatic heterocycles. The summed E-state index contributed by atoms with van der Waals surface area (Å²) in [5.74, 6) is 0.861. The highest BCUT2D eigenvalue weighted by Crippen LogP contribution is 2.25. The Morgan fingerprint density at radius 1 is 1.29 bits per heavy atom. The number of hydrogen-bond acceptors (Lipinski definition) is 4. The van der Waals surface area contributed by atoms with Crippen LogP contribution in [-0.2, 0) is 12.8 Å². The van der Waals surface area contributed by atoms with Gasteiger partial charge in [0.15, 0.2) is 0 Å². The van der Waals surface area contributed by atoms with Gasteiger partial charge in [0.25, 0.3) is 0 Å². The first-order chi connectivity index (χ1) is 10.1. The molecule has 1 unspecified atom stereocenters. The van der Waals surface area contributed by atoms with Crippen molar-refractivity contribution in [2.75, 3.05) is 7.11 Å². The number of aliphatic hydroxyl groups is 1.